The minimum atomic E-state index is -3.64. The molecule has 0 bridgehead atoms. The number of carbonyl (C=O) groups is 1. The van der Waals surface area contributed by atoms with E-state index in [0.29, 0.717) is 16.8 Å². The molecule has 1 aliphatic heterocycles. The van der Waals surface area contributed by atoms with E-state index in [2.05, 4.69) is 15.0 Å². The summed E-state index contributed by atoms with van der Waals surface area (Å²) in [5.74, 6) is -0.255. The molecule has 3 N–H and O–H groups in total. The van der Waals surface area contributed by atoms with Gasteiger partial charge in [-0.25, -0.2) is 13.1 Å². The van der Waals surface area contributed by atoms with Crippen molar-refractivity contribution in [2.24, 2.45) is 0 Å². The van der Waals surface area contributed by atoms with Crippen LogP contribution in [-0.4, -0.2) is 25.4 Å². The Morgan fingerprint density at radius 2 is 1.85 bits per heavy atom. The molecule has 3 aromatic rings. The Labute approximate surface area is 157 Å². The second-order valence-corrected chi connectivity index (χ2v) is 8.52. The lowest BCUT2D eigenvalue weighted by atomic mass is 10.1. The molecule has 0 atom stereocenters. The maximum Gasteiger partial charge on any atom is 0.256 e. The summed E-state index contributed by atoms with van der Waals surface area (Å²) in [5.41, 5.74) is 3.36. The number of sulfonamides is 1. The van der Waals surface area contributed by atoms with Crippen molar-refractivity contribution >= 4 is 44.2 Å². The summed E-state index contributed by atoms with van der Waals surface area (Å²) < 4.78 is 27.5. The fourth-order valence-electron chi connectivity index (χ4n) is 3.19. The average molecular weight is 381 g/mol. The summed E-state index contributed by atoms with van der Waals surface area (Å²) in [4.78, 5) is 15.8. The first-order valence-electron chi connectivity index (χ1n) is 8.61. The molecule has 0 saturated heterocycles. The number of fused-ring (bicyclic) bond motifs is 2. The fraction of sp³-hybridized carbons (Fsp3) is 0.150. The van der Waals surface area contributed by atoms with Gasteiger partial charge < -0.3 is 10.3 Å². The van der Waals surface area contributed by atoms with E-state index in [1.807, 2.05) is 30.3 Å². The molecule has 4 rings (SSSR count). The summed E-state index contributed by atoms with van der Waals surface area (Å²) in [5, 5.41) is 3.83. The van der Waals surface area contributed by atoms with Crippen LogP contribution in [0.4, 0.5) is 5.69 Å². The predicted octanol–water partition coefficient (Wildman–Crippen LogP) is 3.35. The van der Waals surface area contributed by atoms with Gasteiger partial charge in [-0.3, -0.25) is 4.79 Å². The van der Waals surface area contributed by atoms with Gasteiger partial charge in [-0.15, -0.1) is 0 Å². The number of rotatable bonds is 4. The Hall–Kier alpha value is -2.90. The van der Waals surface area contributed by atoms with E-state index >= 15 is 0 Å². The highest BCUT2D eigenvalue weighted by Crippen LogP contribution is 2.35. The molecule has 2 aromatic carbocycles. The summed E-state index contributed by atoms with van der Waals surface area (Å²) >= 11 is 0. The number of para-hydroxylation sites is 1. The van der Waals surface area contributed by atoms with Crippen LogP contribution in [-0.2, 0) is 14.8 Å². The van der Waals surface area contributed by atoms with Crippen LogP contribution in [0.15, 0.2) is 53.4 Å². The molecule has 27 heavy (non-hydrogen) atoms. The molecule has 2 heterocycles. The molecule has 0 unspecified atom stereocenters. The van der Waals surface area contributed by atoms with Gasteiger partial charge in [-0.1, -0.05) is 18.2 Å². The molecule has 0 spiro atoms. The predicted molar refractivity (Wildman–Crippen MR) is 107 cm³/mol. The molecule has 0 radical (unpaired) electrons. The van der Waals surface area contributed by atoms with Crippen LogP contribution in [0.1, 0.15) is 25.1 Å². The minimum Gasteiger partial charge on any atom is -0.355 e. The summed E-state index contributed by atoms with van der Waals surface area (Å²) in [6.07, 6.45) is 1.74. The van der Waals surface area contributed by atoms with Crippen molar-refractivity contribution in [2.75, 3.05) is 5.32 Å². The fourth-order valence-corrected chi connectivity index (χ4v) is 4.46. The van der Waals surface area contributed by atoms with Gasteiger partial charge in [0, 0.05) is 28.5 Å². The van der Waals surface area contributed by atoms with Gasteiger partial charge in [0.2, 0.25) is 10.0 Å². The summed E-state index contributed by atoms with van der Waals surface area (Å²) in [7, 11) is -3.64. The number of carbonyl (C=O) groups excluding carboxylic acids is 1. The van der Waals surface area contributed by atoms with Crippen molar-refractivity contribution in [1.82, 2.24) is 9.71 Å². The Balaban J connectivity index is 1.79. The van der Waals surface area contributed by atoms with Gasteiger partial charge >= 0.3 is 0 Å². The molecule has 1 amide bonds. The average Bonchev–Trinajstić information content (AvgIpc) is 3.14. The van der Waals surface area contributed by atoms with E-state index < -0.39 is 10.0 Å². The lowest BCUT2D eigenvalue weighted by Gasteiger charge is -2.10. The number of benzene rings is 2. The van der Waals surface area contributed by atoms with E-state index in [9.17, 15) is 13.2 Å². The smallest absolute Gasteiger partial charge is 0.256 e. The SMILES string of the molecule is CC(C)NS(=O)(=O)c1ccc2c(c1)C(=Cc1cc3ccccc3[nH]1)C(=O)N2. The molecule has 7 heteroatoms. The second kappa shape index (κ2) is 6.37. The number of amides is 1. The van der Waals surface area contributed by atoms with Crippen LogP contribution in [0.2, 0.25) is 0 Å². The van der Waals surface area contributed by atoms with E-state index in [1.165, 1.54) is 12.1 Å². The van der Waals surface area contributed by atoms with Crippen molar-refractivity contribution < 1.29 is 13.2 Å². The van der Waals surface area contributed by atoms with Crippen molar-refractivity contribution in [3.8, 4) is 0 Å². The number of aromatic amines is 1. The zero-order chi connectivity index (χ0) is 19.2. The Bertz CT molecular complexity index is 1160. The maximum absolute atomic E-state index is 12.5. The summed E-state index contributed by atoms with van der Waals surface area (Å²) in [6, 6.07) is 14.2. The van der Waals surface area contributed by atoms with E-state index in [1.54, 1.807) is 26.0 Å². The molecular weight excluding hydrogens is 362 g/mol. The van der Waals surface area contributed by atoms with Crippen LogP contribution >= 0.6 is 0 Å². The maximum atomic E-state index is 12.5. The Kier molecular flexibility index (Phi) is 4.13. The Morgan fingerprint density at radius 1 is 1.07 bits per heavy atom. The highest BCUT2D eigenvalue weighted by Gasteiger charge is 2.27. The normalized spacial score (nSPS) is 15.5. The minimum absolute atomic E-state index is 0.133. The van der Waals surface area contributed by atoms with Crippen LogP contribution < -0.4 is 10.0 Å². The van der Waals surface area contributed by atoms with Gasteiger partial charge in [-0.05, 0) is 55.6 Å². The molecule has 0 saturated carbocycles. The first-order valence-corrected chi connectivity index (χ1v) is 10.1. The van der Waals surface area contributed by atoms with Crippen molar-refractivity contribution in [3.05, 3.63) is 59.8 Å². The monoisotopic (exact) mass is 381 g/mol. The van der Waals surface area contributed by atoms with E-state index in [0.717, 1.165) is 16.6 Å². The van der Waals surface area contributed by atoms with E-state index in [4.69, 9.17) is 0 Å². The topological polar surface area (TPSA) is 91.1 Å². The van der Waals surface area contributed by atoms with Crippen molar-refractivity contribution in [3.63, 3.8) is 0 Å². The first kappa shape index (κ1) is 17.5. The van der Waals surface area contributed by atoms with Gasteiger partial charge in [0.05, 0.1) is 10.5 Å². The lowest BCUT2D eigenvalue weighted by molar-refractivity contribution is -0.110. The Morgan fingerprint density at radius 3 is 2.59 bits per heavy atom. The van der Waals surface area contributed by atoms with Crippen LogP contribution in [0.25, 0.3) is 22.6 Å². The van der Waals surface area contributed by atoms with Gasteiger partial charge in [-0.2, -0.15) is 0 Å². The number of hydrogen-bond acceptors (Lipinski definition) is 3. The van der Waals surface area contributed by atoms with Crippen molar-refractivity contribution in [1.29, 1.82) is 0 Å². The standard InChI is InChI=1S/C20H19N3O3S/c1-12(2)23-27(25,26)15-7-8-19-16(11-15)17(20(24)22-19)10-14-9-13-5-3-4-6-18(13)21-14/h3-12,21,23H,1-2H3,(H,22,24). The van der Waals surface area contributed by atoms with E-state index in [-0.39, 0.29) is 16.8 Å². The molecule has 0 fully saturated rings. The van der Waals surface area contributed by atoms with Crippen molar-refractivity contribution in [2.45, 2.75) is 24.8 Å². The largest absolute Gasteiger partial charge is 0.355 e. The number of hydrogen-bond donors (Lipinski definition) is 3. The van der Waals surface area contributed by atoms with Crippen LogP contribution in [0.5, 0.6) is 0 Å². The zero-order valence-corrected chi connectivity index (χ0v) is 15.7. The van der Waals surface area contributed by atoms with Gasteiger partial charge in [0.15, 0.2) is 0 Å². The molecular formula is C20H19N3O3S. The molecule has 1 aromatic heterocycles. The first-order chi connectivity index (χ1) is 12.8. The number of nitrogens with one attached hydrogen (secondary N) is 3. The number of anilines is 1. The quantitative estimate of drug-likeness (QED) is 0.605. The highest BCUT2D eigenvalue weighted by atomic mass is 32.2. The third kappa shape index (κ3) is 3.27. The lowest BCUT2D eigenvalue weighted by Crippen LogP contribution is -2.30. The summed E-state index contributed by atoms with van der Waals surface area (Å²) in [6.45, 7) is 3.52. The second-order valence-electron chi connectivity index (χ2n) is 6.81. The number of aromatic nitrogens is 1. The third-order valence-corrected chi connectivity index (χ3v) is 5.98. The van der Waals surface area contributed by atoms with Crippen LogP contribution in [0, 0.1) is 0 Å². The number of H-pyrrole nitrogens is 1. The zero-order valence-electron chi connectivity index (χ0n) is 14.9. The highest BCUT2D eigenvalue weighted by molar-refractivity contribution is 7.89. The van der Waals surface area contributed by atoms with Gasteiger partial charge in [0.25, 0.3) is 5.91 Å². The molecule has 138 valence electrons. The molecule has 1 aliphatic rings. The third-order valence-electron chi connectivity index (χ3n) is 4.33. The van der Waals surface area contributed by atoms with Crippen LogP contribution in [0.3, 0.4) is 0 Å². The molecule has 0 aliphatic carbocycles. The molecule has 6 nitrogen and oxygen atoms in total. The van der Waals surface area contributed by atoms with Gasteiger partial charge in [0.1, 0.15) is 0 Å².